The molecule has 1 aromatic carbocycles. The van der Waals surface area contributed by atoms with Crippen molar-refractivity contribution >= 4 is 11.6 Å². The molecule has 0 amide bonds. The lowest BCUT2D eigenvalue weighted by Gasteiger charge is -2.09. The number of halogens is 4. The number of aliphatic hydroxyl groups excluding tert-OH is 1. The zero-order valence-corrected chi connectivity index (χ0v) is 9.68. The lowest BCUT2D eigenvalue weighted by Crippen LogP contribution is -2.05. The minimum absolute atomic E-state index is 0.145. The topological polar surface area (TPSA) is 48.9 Å². The maximum atomic E-state index is 12.6. The van der Waals surface area contributed by atoms with Gasteiger partial charge in [-0.05, 0) is 18.2 Å². The van der Waals surface area contributed by atoms with Crippen molar-refractivity contribution in [2.75, 3.05) is 0 Å². The van der Waals surface area contributed by atoms with E-state index < -0.39 is 11.7 Å². The van der Waals surface area contributed by atoms with Crippen LogP contribution in [0.2, 0.25) is 5.02 Å². The Balaban J connectivity index is 2.49. The van der Waals surface area contributed by atoms with E-state index in [2.05, 4.69) is 9.97 Å². The van der Waals surface area contributed by atoms with E-state index in [-0.39, 0.29) is 23.0 Å². The number of aromatic amines is 1. The van der Waals surface area contributed by atoms with Gasteiger partial charge in [-0.1, -0.05) is 11.6 Å². The smallest absolute Gasteiger partial charge is 0.390 e. The van der Waals surface area contributed by atoms with Crippen LogP contribution in [0.4, 0.5) is 13.2 Å². The molecule has 18 heavy (non-hydrogen) atoms. The van der Waals surface area contributed by atoms with Gasteiger partial charge in [0, 0.05) is 5.56 Å². The summed E-state index contributed by atoms with van der Waals surface area (Å²) < 4.78 is 37.7. The molecule has 1 heterocycles. The van der Waals surface area contributed by atoms with E-state index in [1.807, 2.05) is 0 Å². The van der Waals surface area contributed by atoms with E-state index in [4.69, 9.17) is 16.7 Å². The van der Waals surface area contributed by atoms with E-state index in [0.29, 0.717) is 5.69 Å². The molecule has 0 saturated heterocycles. The highest BCUT2D eigenvalue weighted by molar-refractivity contribution is 6.33. The third kappa shape index (κ3) is 2.49. The van der Waals surface area contributed by atoms with Gasteiger partial charge in [-0.15, -0.1) is 0 Å². The lowest BCUT2D eigenvalue weighted by atomic mass is 10.1. The van der Waals surface area contributed by atoms with Gasteiger partial charge in [0.2, 0.25) is 0 Å². The fourth-order valence-corrected chi connectivity index (χ4v) is 1.67. The van der Waals surface area contributed by atoms with E-state index in [9.17, 15) is 13.2 Å². The molecule has 2 aromatic rings. The monoisotopic (exact) mass is 276 g/mol. The molecule has 0 fully saturated rings. The predicted octanol–water partition coefficient (Wildman–Crippen LogP) is 3.24. The Kier molecular flexibility index (Phi) is 3.32. The van der Waals surface area contributed by atoms with Crippen LogP contribution in [0.15, 0.2) is 24.4 Å². The van der Waals surface area contributed by atoms with Crippen LogP contribution in [0.3, 0.4) is 0 Å². The van der Waals surface area contributed by atoms with Crippen molar-refractivity contribution in [1.29, 1.82) is 0 Å². The zero-order valence-electron chi connectivity index (χ0n) is 8.92. The normalized spacial score (nSPS) is 11.8. The Bertz CT molecular complexity index is 566. The molecule has 2 rings (SSSR count). The maximum Gasteiger partial charge on any atom is 0.416 e. The summed E-state index contributed by atoms with van der Waals surface area (Å²) in [5.41, 5.74) is -0.256. The van der Waals surface area contributed by atoms with Crippen LogP contribution >= 0.6 is 11.6 Å². The Morgan fingerprint density at radius 3 is 2.61 bits per heavy atom. The average Bonchev–Trinajstić information content (AvgIpc) is 2.76. The molecule has 0 aliphatic heterocycles. The third-order valence-corrected chi connectivity index (χ3v) is 2.68. The molecule has 2 N–H and O–H groups in total. The first-order chi connectivity index (χ1) is 8.41. The first-order valence-corrected chi connectivity index (χ1v) is 5.31. The zero-order chi connectivity index (χ0) is 13.3. The molecule has 0 unspecified atom stereocenters. The molecule has 0 atom stereocenters. The van der Waals surface area contributed by atoms with E-state index in [1.54, 1.807) is 0 Å². The number of hydrogen-bond donors (Lipinski definition) is 2. The van der Waals surface area contributed by atoms with Gasteiger partial charge in [0.05, 0.1) is 29.1 Å². The molecule has 0 bridgehead atoms. The van der Waals surface area contributed by atoms with Gasteiger partial charge >= 0.3 is 6.18 Å². The van der Waals surface area contributed by atoms with E-state index in [0.717, 1.165) is 12.1 Å². The largest absolute Gasteiger partial charge is 0.416 e. The third-order valence-electron chi connectivity index (χ3n) is 2.35. The quantitative estimate of drug-likeness (QED) is 0.885. The highest BCUT2D eigenvalue weighted by Gasteiger charge is 2.31. The van der Waals surface area contributed by atoms with Crippen LogP contribution in [-0.4, -0.2) is 15.1 Å². The van der Waals surface area contributed by atoms with Gasteiger partial charge in [-0.2, -0.15) is 13.2 Å². The summed E-state index contributed by atoms with van der Waals surface area (Å²) in [5.74, 6) is 0.190. The standard InChI is InChI=1S/C11H8ClF3N2O/c12-9-2-1-6(11(13,14)15)3-8(9)10-16-4-7(5-18)17-10/h1-4,18H,5H2,(H,16,17). The van der Waals surface area contributed by atoms with Crippen molar-refractivity contribution in [1.82, 2.24) is 9.97 Å². The fraction of sp³-hybridized carbons (Fsp3) is 0.182. The van der Waals surface area contributed by atoms with Crippen LogP contribution < -0.4 is 0 Å². The van der Waals surface area contributed by atoms with Crippen LogP contribution in [-0.2, 0) is 12.8 Å². The van der Waals surface area contributed by atoms with Crippen molar-refractivity contribution in [3.8, 4) is 11.4 Å². The van der Waals surface area contributed by atoms with Crippen molar-refractivity contribution in [2.45, 2.75) is 12.8 Å². The number of rotatable bonds is 2. The SMILES string of the molecule is OCc1cnc(-c2cc(C(F)(F)F)ccc2Cl)[nH]1. The van der Waals surface area contributed by atoms with Gasteiger partial charge in [0.1, 0.15) is 5.82 Å². The van der Waals surface area contributed by atoms with Gasteiger partial charge in [-0.25, -0.2) is 4.98 Å². The number of aromatic nitrogens is 2. The minimum Gasteiger partial charge on any atom is -0.390 e. The van der Waals surface area contributed by atoms with Crippen LogP contribution in [0.5, 0.6) is 0 Å². The summed E-state index contributed by atoms with van der Waals surface area (Å²) in [6.45, 7) is -0.274. The Labute approximate surface area is 105 Å². The van der Waals surface area contributed by atoms with Crippen molar-refractivity contribution < 1.29 is 18.3 Å². The number of imidazole rings is 1. The lowest BCUT2D eigenvalue weighted by molar-refractivity contribution is -0.137. The molecule has 3 nitrogen and oxygen atoms in total. The minimum atomic E-state index is -4.44. The Morgan fingerprint density at radius 2 is 2.06 bits per heavy atom. The number of benzene rings is 1. The van der Waals surface area contributed by atoms with Gasteiger partial charge in [0.25, 0.3) is 0 Å². The van der Waals surface area contributed by atoms with Gasteiger partial charge in [0.15, 0.2) is 0 Å². The molecule has 1 aromatic heterocycles. The fourth-order valence-electron chi connectivity index (χ4n) is 1.46. The second-order valence-electron chi connectivity index (χ2n) is 3.61. The first kappa shape index (κ1) is 12.9. The Hall–Kier alpha value is -1.53. The van der Waals surface area contributed by atoms with Crippen molar-refractivity contribution in [2.24, 2.45) is 0 Å². The van der Waals surface area contributed by atoms with Crippen LogP contribution in [0, 0.1) is 0 Å². The molecule has 7 heteroatoms. The molecule has 0 radical (unpaired) electrons. The average molecular weight is 277 g/mol. The molecule has 0 spiro atoms. The highest BCUT2D eigenvalue weighted by Crippen LogP contribution is 2.34. The number of alkyl halides is 3. The molecule has 0 aliphatic carbocycles. The molecule has 0 saturated carbocycles. The summed E-state index contributed by atoms with van der Waals surface area (Å²) in [4.78, 5) is 6.56. The highest BCUT2D eigenvalue weighted by atomic mass is 35.5. The number of nitrogens with zero attached hydrogens (tertiary/aromatic N) is 1. The molecule has 96 valence electrons. The van der Waals surface area contributed by atoms with Gasteiger partial charge in [-0.3, -0.25) is 0 Å². The molecular formula is C11H8ClF3N2O. The first-order valence-electron chi connectivity index (χ1n) is 4.93. The van der Waals surface area contributed by atoms with Crippen LogP contribution in [0.25, 0.3) is 11.4 Å². The summed E-state index contributed by atoms with van der Waals surface area (Å²) in [6, 6.07) is 2.99. The summed E-state index contributed by atoms with van der Waals surface area (Å²) in [5, 5.41) is 9.02. The number of nitrogens with one attached hydrogen (secondary N) is 1. The Morgan fingerprint density at radius 1 is 1.33 bits per heavy atom. The van der Waals surface area contributed by atoms with Gasteiger partial charge < -0.3 is 10.1 Å². The number of hydrogen-bond acceptors (Lipinski definition) is 2. The second-order valence-corrected chi connectivity index (χ2v) is 4.01. The van der Waals surface area contributed by atoms with E-state index >= 15 is 0 Å². The molecular weight excluding hydrogens is 269 g/mol. The van der Waals surface area contributed by atoms with E-state index in [1.165, 1.54) is 12.3 Å². The maximum absolute atomic E-state index is 12.6. The summed E-state index contributed by atoms with van der Waals surface area (Å²) in [6.07, 6.45) is -3.10. The molecule has 0 aliphatic rings. The summed E-state index contributed by atoms with van der Waals surface area (Å²) >= 11 is 5.84. The predicted molar refractivity (Wildman–Crippen MR) is 60.0 cm³/mol. The van der Waals surface area contributed by atoms with Crippen molar-refractivity contribution in [3.63, 3.8) is 0 Å². The number of H-pyrrole nitrogens is 1. The summed E-state index contributed by atoms with van der Waals surface area (Å²) in [7, 11) is 0. The van der Waals surface area contributed by atoms with Crippen molar-refractivity contribution in [3.05, 3.63) is 40.7 Å². The number of aliphatic hydroxyl groups is 1. The second kappa shape index (κ2) is 4.62. The van der Waals surface area contributed by atoms with Crippen LogP contribution in [0.1, 0.15) is 11.3 Å².